The molecule has 0 amide bonds. The molecule has 0 unspecified atom stereocenters. The van der Waals surface area contributed by atoms with Crippen molar-refractivity contribution in [1.82, 2.24) is 14.8 Å². The van der Waals surface area contributed by atoms with E-state index in [1.54, 1.807) is 4.57 Å². The number of nitrogens with zero attached hydrogens (tertiary/aromatic N) is 2. The van der Waals surface area contributed by atoms with Gasteiger partial charge >= 0.3 is 5.69 Å². The quantitative estimate of drug-likeness (QED) is 0.675. The highest BCUT2D eigenvalue weighted by molar-refractivity contribution is 7.98. The molecule has 0 radical (unpaired) electrons. The lowest BCUT2D eigenvalue weighted by Gasteiger charge is -2.05. The van der Waals surface area contributed by atoms with Crippen molar-refractivity contribution in [3.63, 3.8) is 0 Å². The van der Waals surface area contributed by atoms with E-state index in [9.17, 15) is 4.79 Å². The van der Waals surface area contributed by atoms with E-state index < -0.39 is 0 Å². The zero-order chi connectivity index (χ0) is 8.43. The van der Waals surface area contributed by atoms with E-state index >= 15 is 0 Å². The second kappa shape index (κ2) is 3.13. The molecular weight excluding hydrogens is 162 g/mol. The van der Waals surface area contributed by atoms with Crippen LogP contribution in [0.15, 0.2) is 9.95 Å². The van der Waals surface area contributed by atoms with Crippen molar-refractivity contribution in [1.29, 1.82) is 0 Å². The Hall–Kier alpha value is -0.710. The molecule has 62 valence electrons. The van der Waals surface area contributed by atoms with Crippen LogP contribution >= 0.6 is 11.8 Å². The molecule has 0 bridgehead atoms. The monoisotopic (exact) mass is 173 g/mol. The van der Waals surface area contributed by atoms with Crippen molar-refractivity contribution < 1.29 is 0 Å². The Morgan fingerprint density at radius 2 is 2.27 bits per heavy atom. The maximum atomic E-state index is 11.1. The maximum Gasteiger partial charge on any atom is 0.344 e. The van der Waals surface area contributed by atoms with Gasteiger partial charge in [-0.05, 0) is 20.1 Å². The van der Waals surface area contributed by atoms with Gasteiger partial charge in [-0.1, -0.05) is 11.8 Å². The molecule has 1 aromatic rings. The Balaban J connectivity index is 3.18. The lowest BCUT2D eigenvalue weighted by atomic mass is 10.4. The van der Waals surface area contributed by atoms with E-state index in [1.165, 1.54) is 11.8 Å². The summed E-state index contributed by atoms with van der Waals surface area (Å²) in [6, 6.07) is 0.170. The number of hydrogen-bond acceptors (Lipinski definition) is 3. The molecule has 1 rings (SSSR count). The van der Waals surface area contributed by atoms with E-state index in [1.807, 2.05) is 20.1 Å². The molecule has 0 saturated carbocycles. The lowest BCUT2D eigenvalue weighted by Crippen LogP contribution is -2.19. The fraction of sp³-hybridized carbons (Fsp3) is 0.667. The van der Waals surface area contributed by atoms with Crippen LogP contribution in [0.1, 0.15) is 19.9 Å². The molecule has 0 aliphatic rings. The van der Waals surface area contributed by atoms with Crippen LogP contribution in [0.25, 0.3) is 0 Å². The molecule has 1 aromatic heterocycles. The summed E-state index contributed by atoms with van der Waals surface area (Å²) in [4.78, 5) is 11.1. The fourth-order valence-corrected chi connectivity index (χ4v) is 1.52. The van der Waals surface area contributed by atoms with Gasteiger partial charge in [0.1, 0.15) is 0 Å². The molecule has 0 aliphatic heterocycles. The predicted molar refractivity (Wildman–Crippen MR) is 45.0 cm³/mol. The average Bonchev–Trinajstić information content (AvgIpc) is 2.30. The molecule has 0 aliphatic carbocycles. The molecule has 5 heteroatoms. The minimum Gasteiger partial charge on any atom is -0.268 e. The largest absolute Gasteiger partial charge is 0.344 e. The second-order valence-electron chi connectivity index (χ2n) is 2.48. The maximum absolute atomic E-state index is 11.1. The van der Waals surface area contributed by atoms with Crippen LogP contribution in [0.3, 0.4) is 0 Å². The van der Waals surface area contributed by atoms with Crippen LogP contribution in [-0.2, 0) is 0 Å². The topological polar surface area (TPSA) is 50.7 Å². The van der Waals surface area contributed by atoms with Crippen molar-refractivity contribution in [3.05, 3.63) is 10.5 Å². The van der Waals surface area contributed by atoms with Crippen molar-refractivity contribution >= 4 is 11.8 Å². The van der Waals surface area contributed by atoms with Crippen LogP contribution in [0.4, 0.5) is 0 Å². The van der Waals surface area contributed by atoms with Crippen LogP contribution in [0.2, 0.25) is 0 Å². The summed E-state index contributed by atoms with van der Waals surface area (Å²) >= 11 is 1.47. The fourth-order valence-electron chi connectivity index (χ4n) is 0.890. The Morgan fingerprint density at radius 1 is 1.64 bits per heavy atom. The number of thioether (sulfide) groups is 1. The minimum atomic E-state index is -0.135. The Bertz CT molecular complexity index is 288. The minimum absolute atomic E-state index is 0.135. The molecular formula is C6H11N3OS. The third-order valence-corrected chi connectivity index (χ3v) is 2.02. The first-order valence-corrected chi connectivity index (χ1v) is 4.60. The van der Waals surface area contributed by atoms with Crippen molar-refractivity contribution in [2.24, 2.45) is 0 Å². The Morgan fingerprint density at radius 3 is 2.64 bits per heavy atom. The highest BCUT2D eigenvalue weighted by Gasteiger charge is 2.08. The molecule has 1 N–H and O–H groups in total. The second-order valence-corrected chi connectivity index (χ2v) is 3.25. The van der Waals surface area contributed by atoms with Gasteiger partial charge in [-0.25, -0.2) is 9.89 Å². The first kappa shape index (κ1) is 8.39. The van der Waals surface area contributed by atoms with Crippen LogP contribution in [0, 0.1) is 0 Å². The molecule has 0 fully saturated rings. The first-order valence-electron chi connectivity index (χ1n) is 3.37. The summed E-state index contributed by atoms with van der Waals surface area (Å²) in [6.07, 6.45) is 1.90. The third kappa shape index (κ3) is 1.48. The van der Waals surface area contributed by atoms with Gasteiger partial charge in [-0.15, -0.1) is 5.10 Å². The number of hydrogen-bond donors (Lipinski definition) is 1. The van der Waals surface area contributed by atoms with Crippen molar-refractivity contribution in [2.45, 2.75) is 25.0 Å². The van der Waals surface area contributed by atoms with Gasteiger partial charge in [-0.2, -0.15) is 0 Å². The smallest absolute Gasteiger partial charge is 0.268 e. The summed E-state index contributed by atoms with van der Waals surface area (Å²) < 4.78 is 1.63. The van der Waals surface area contributed by atoms with Crippen LogP contribution in [0.5, 0.6) is 0 Å². The van der Waals surface area contributed by atoms with E-state index in [-0.39, 0.29) is 11.7 Å². The zero-order valence-electron chi connectivity index (χ0n) is 6.79. The summed E-state index contributed by atoms with van der Waals surface area (Å²) in [7, 11) is 0. The lowest BCUT2D eigenvalue weighted by molar-refractivity contribution is 0.534. The highest BCUT2D eigenvalue weighted by Crippen LogP contribution is 2.12. The van der Waals surface area contributed by atoms with E-state index in [2.05, 4.69) is 10.2 Å². The summed E-state index contributed by atoms with van der Waals surface area (Å²) in [5, 5.41) is 6.99. The molecule has 0 saturated heterocycles. The third-order valence-electron chi connectivity index (χ3n) is 1.37. The summed E-state index contributed by atoms with van der Waals surface area (Å²) in [6.45, 7) is 3.91. The van der Waals surface area contributed by atoms with Gasteiger partial charge in [0, 0.05) is 6.04 Å². The molecule has 0 atom stereocenters. The van der Waals surface area contributed by atoms with Crippen molar-refractivity contribution in [2.75, 3.05) is 6.26 Å². The van der Waals surface area contributed by atoms with E-state index in [0.29, 0.717) is 0 Å². The molecule has 4 nitrogen and oxygen atoms in total. The molecule has 1 heterocycles. The first-order chi connectivity index (χ1) is 5.16. The number of nitrogens with one attached hydrogen (secondary N) is 1. The van der Waals surface area contributed by atoms with Gasteiger partial charge in [-0.3, -0.25) is 4.57 Å². The average molecular weight is 173 g/mol. The highest BCUT2D eigenvalue weighted by atomic mass is 32.2. The van der Waals surface area contributed by atoms with Crippen LogP contribution < -0.4 is 5.69 Å². The van der Waals surface area contributed by atoms with Gasteiger partial charge in [0.15, 0.2) is 5.16 Å². The normalized spacial score (nSPS) is 10.9. The van der Waals surface area contributed by atoms with Crippen LogP contribution in [-0.4, -0.2) is 21.0 Å². The molecule has 0 aromatic carbocycles. The van der Waals surface area contributed by atoms with Crippen molar-refractivity contribution in [3.8, 4) is 0 Å². The molecule has 0 spiro atoms. The van der Waals surface area contributed by atoms with Gasteiger partial charge in [0.05, 0.1) is 0 Å². The molecule has 11 heavy (non-hydrogen) atoms. The number of aromatic nitrogens is 3. The van der Waals surface area contributed by atoms with Gasteiger partial charge in [0.2, 0.25) is 0 Å². The summed E-state index contributed by atoms with van der Waals surface area (Å²) in [5.74, 6) is 0. The summed E-state index contributed by atoms with van der Waals surface area (Å²) in [5.41, 5.74) is -0.135. The van der Waals surface area contributed by atoms with Gasteiger partial charge in [0.25, 0.3) is 0 Å². The number of rotatable bonds is 2. The van der Waals surface area contributed by atoms with E-state index in [4.69, 9.17) is 0 Å². The number of aromatic amines is 1. The number of H-pyrrole nitrogens is 1. The van der Waals surface area contributed by atoms with Gasteiger partial charge < -0.3 is 0 Å². The predicted octanol–water partition coefficient (Wildman–Crippen LogP) is 0.874. The zero-order valence-corrected chi connectivity index (χ0v) is 7.60. The SMILES string of the molecule is CSc1n[nH]c(=O)n1C(C)C. The Labute approximate surface area is 69.0 Å². The van der Waals surface area contributed by atoms with E-state index in [0.717, 1.165) is 5.16 Å². The standard InChI is InChI=1S/C6H11N3OS/c1-4(2)9-5(10)7-8-6(9)11-3/h4H,1-3H3,(H,7,10). The Kier molecular flexibility index (Phi) is 2.38.